The maximum Gasteiger partial charge on any atom is 0.261 e. The Morgan fingerprint density at radius 3 is 2.52 bits per heavy atom. The van der Waals surface area contributed by atoms with E-state index in [1.165, 1.54) is 11.1 Å². The van der Waals surface area contributed by atoms with Gasteiger partial charge in [0.1, 0.15) is 5.75 Å². The van der Waals surface area contributed by atoms with Crippen LogP contribution in [0.2, 0.25) is 0 Å². The Hall–Kier alpha value is -2.29. The van der Waals surface area contributed by atoms with Crippen LogP contribution in [0.4, 0.5) is 0 Å². The zero-order chi connectivity index (χ0) is 16.8. The molecule has 0 fully saturated rings. The second kappa shape index (κ2) is 7.82. The van der Waals surface area contributed by atoms with Crippen LogP contribution in [0, 0.1) is 20.8 Å². The van der Waals surface area contributed by atoms with E-state index in [2.05, 4.69) is 18.3 Å². The van der Waals surface area contributed by atoms with Crippen LogP contribution < -0.4 is 10.1 Å². The molecule has 0 aliphatic heterocycles. The largest absolute Gasteiger partial charge is 0.481 e. The average Bonchev–Trinajstić information content (AvgIpc) is 2.53. The first-order valence-corrected chi connectivity index (χ1v) is 8.06. The third kappa shape index (κ3) is 4.85. The number of benzene rings is 2. The normalized spacial score (nSPS) is 11.8. The standard InChI is InChI=1S/C20H25NO2/c1-5-19(23-18-10-9-15(3)16(4)12-18)20(22)21-13-17-8-6-7-14(2)11-17/h6-12,19H,5,13H2,1-4H3,(H,21,22). The molecule has 1 atom stereocenters. The Morgan fingerprint density at radius 1 is 1.09 bits per heavy atom. The maximum atomic E-state index is 12.4. The van der Waals surface area contributed by atoms with Gasteiger partial charge in [-0.15, -0.1) is 0 Å². The minimum Gasteiger partial charge on any atom is -0.481 e. The molecule has 0 bridgehead atoms. The second-order valence-electron chi connectivity index (χ2n) is 5.97. The van der Waals surface area contributed by atoms with Crippen molar-refractivity contribution >= 4 is 5.91 Å². The molecule has 0 saturated heterocycles. The molecule has 0 aliphatic carbocycles. The van der Waals surface area contributed by atoms with Gasteiger partial charge in [0.05, 0.1) is 0 Å². The van der Waals surface area contributed by atoms with Crippen molar-refractivity contribution in [3.05, 3.63) is 64.7 Å². The maximum absolute atomic E-state index is 12.4. The first-order chi connectivity index (χ1) is 11.0. The molecule has 0 aliphatic rings. The lowest BCUT2D eigenvalue weighted by Crippen LogP contribution is -2.37. The third-order valence-electron chi connectivity index (χ3n) is 3.97. The quantitative estimate of drug-likeness (QED) is 0.872. The average molecular weight is 311 g/mol. The van der Waals surface area contributed by atoms with Gasteiger partial charge in [0.25, 0.3) is 5.91 Å². The number of hydrogen-bond donors (Lipinski definition) is 1. The molecule has 1 amide bonds. The number of carbonyl (C=O) groups excluding carboxylic acids is 1. The van der Waals surface area contributed by atoms with Crippen molar-refractivity contribution in [2.75, 3.05) is 0 Å². The summed E-state index contributed by atoms with van der Waals surface area (Å²) >= 11 is 0. The lowest BCUT2D eigenvalue weighted by Gasteiger charge is -2.18. The lowest BCUT2D eigenvalue weighted by molar-refractivity contribution is -0.128. The van der Waals surface area contributed by atoms with Gasteiger partial charge in [0.2, 0.25) is 0 Å². The molecule has 1 N–H and O–H groups in total. The summed E-state index contributed by atoms with van der Waals surface area (Å²) in [5, 5.41) is 2.96. The molecule has 3 heteroatoms. The summed E-state index contributed by atoms with van der Waals surface area (Å²) in [7, 11) is 0. The Kier molecular flexibility index (Phi) is 5.80. The van der Waals surface area contributed by atoms with Crippen molar-refractivity contribution in [1.29, 1.82) is 0 Å². The molecule has 0 spiro atoms. The Labute approximate surface area is 138 Å². The fraction of sp³-hybridized carbons (Fsp3) is 0.350. The summed E-state index contributed by atoms with van der Waals surface area (Å²) < 4.78 is 5.86. The molecular weight excluding hydrogens is 286 g/mol. The monoisotopic (exact) mass is 311 g/mol. The highest BCUT2D eigenvalue weighted by Gasteiger charge is 2.18. The molecule has 0 aromatic heterocycles. The zero-order valence-electron chi connectivity index (χ0n) is 14.3. The number of rotatable bonds is 6. The molecule has 122 valence electrons. The van der Waals surface area contributed by atoms with Crippen LogP contribution in [-0.2, 0) is 11.3 Å². The van der Waals surface area contributed by atoms with Gasteiger partial charge < -0.3 is 10.1 Å². The predicted octanol–water partition coefficient (Wildman–Crippen LogP) is 4.09. The lowest BCUT2D eigenvalue weighted by atomic mass is 10.1. The van der Waals surface area contributed by atoms with Gasteiger partial charge in [-0.25, -0.2) is 0 Å². The van der Waals surface area contributed by atoms with Crippen LogP contribution in [0.1, 0.15) is 35.6 Å². The van der Waals surface area contributed by atoms with E-state index in [1.54, 1.807) is 0 Å². The summed E-state index contributed by atoms with van der Waals surface area (Å²) in [6, 6.07) is 14.0. The summed E-state index contributed by atoms with van der Waals surface area (Å²) in [5.41, 5.74) is 4.67. The minimum absolute atomic E-state index is 0.0766. The minimum atomic E-state index is -0.470. The van der Waals surface area contributed by atoms with Gasteiger partial charge in [0.15, 0.2) is 6.10 Å². The molecule has 2 aromatic rings. The van der Waals surface area contributed by atoms with Gasteiger partial charge in [-0.05, 0) is 56.0 Å². The first-order valence-electron chi connectivity index (χ1n) is 8.06. The molecule has 1 unspecified atom stereocenters. The second-order valence-corrected chi connectivity index (χ2v) is 5.97. The summed E-state index contributed by atoms with van der Waals surface area (Å²) in [6.07, 6.45) is 0.161. The summed E-state index contributed by atoms with van der Waals surface area (Å²) in [5.74, 6) is 0.665. The number of aryl methyl sites for hydroxylation is 3. The SMILES string of the molecule is CCC(Oc1ccc(C)c(C)c1)C(=O)NCc1cccc(C)c1. The van der Waals surface area contributed by atoms with E-state index >= 15 is 0 Å². The Bertz CT molecular complexity index is 679. The highest BCUT2D eigenvalue weighted by atomic mass is 16.5. The van der Waals surface area contributed by atoms with Gasteiger partial charge >= 0.3 is 0 Å². The van der Waals surface area contributed by atoms with Crippen LogP contribution >= 0.6 is 0 Å². The molecule has 23 heavy (non-hydrogen) atoms. The number of carbonyl (C=O) groups is 1. The van der Waals surface area contributed by atoms with Gasteiger partial charge in [-0.3, -0.25) is 4.79 Å². The molecule has 3 nitrogen and oxygen atoms in total. The van der Waals surface area contributed by atoms with Crippen molar-refractivity contribution in [3.63, 3.8) is 0 Å². The van der Waals surface area contributed by atoms with Crippen LogP contribution in [0.3, 0.4) is 0 Å². The van der Waals surface area contributed by atoms with Crippen molar-refractivity contribution < 1.29 is 9.53 Å². The van der Waals surface area contributed by atoms with Crippen LogP contribution in [0.25, 0.3) is 0 Å². The zero-order valence-corrected chi connectivity index (χ0v) is 14.3. The topological polar surface area (TPSA) is 38.3 Å². The molecular formula is C20H25NO2. The van der Waals surface area contributed by atoms with E-state index in [0.29, 0.717) is 13.0 Å². The fourth-order valence-corrected chi connectivity index (χ4v) is 2.40. The highest BCUT2D eigenvalue weighted by molar-refractivity contribution is 5.81. The molecule has 2 aromatic carbocycles. The van der Waals surface area contributed by atoms with E-state index < -0.39 is 6.10 Å². The van der Waals surface area contributed by atoms with E-state index in [4.69, 9.17) is 4.74 Å². The smallest absolute Gasteiger partial charge is 0.261 e. The number of nitrogens with one attached hydrogen (secondary N) is 1. The summed E-state index contributed by atoms with van der Waals surface area (Å²) in [4.78, 5) is 12.4. The Balaban J connectivity index is 1.96. The molecule has 0 heterocycles. The molecule has 2 rings (SSSR count). The highest BCUT2D eigenvalue weighted by Crippen LogP contribution is 2.18. The van der Waals surface area contributed by atoms with Gasteiger partial charge in [-0.1, -0.05) is 42.8 Å². The number of ether oxygens (including phenoxy) is 1. The van der Waals surface area contributed by atoms with Crippen molar-refractivity contribution in [2.45, 2.75) is 46.8 Å². The van der Waals surface area contributed by atoms with E-state index in [9.17, 15) is 4.79 Å². The first kappa shape index (κ1) is 17.1. The van der Waals surface area contributed by atoms with E-state index in [-0.39, 0.29) is 5.91 Å². The summed E-state index contributed by atoms with van der Waals surface area (Å²) in [6.45, 7) is 8.63. The van der Waals surface area contributed by atoms with Crippen molar-refractivity contribution in [1.82, 2.24) is 5.32 Å². The third-order valence-corrected chi connectivity index (χ3v) is 3.97. The van der Waals surface area contributed by atoms with Crippen LogP contribution in [0.15, 0.2) is 42.5 Å². The van der Waals surface area contributed by atoms with Gasteiger partial charge in [-0.2, -0.15) is 0 Å². The van der Waals surface area contributed by atoms with Crippen molar-refractivity contribution in [2.24, 2.45) is 0 Å². The number of amides is 1. The van der Waals surface area contributed by atoms with Crippen LogP contribution in [-0.4, -0.2) is 12.0 Å². The molecule has 0 radical (unpaired) electrons. The van der Waals surface area contributed by atoms with Crippen molar-refractivity contribution in [3.8, 4) is 5.75 Å². The molecule has 0 saturated carbocycles. The van der Waals surface area contributed by atoms with Crippen LogP contribution in [0.5, 0.6) is 5.75 Å². The van der Waals surface area contributed by atoms with Gasteiger partial charge in [0, 0.05) is 6.54 Å². The fourth-order valence-electron chi connectivity index (χ4n) is 2.40. The van der Waals surface area contributed by atoms with E-state index in [0.717, 1.165) is 16.9 Å². The van der Waals surface area contributed by atoms with E-state index in [1.807, 2.05) is 57.2 Å². The predicted molar refractivity (Wildman–Crippen MR) is 93.6 cm³/mol. The Morgan fingerprint density at radius 2 is 1.87 bits per heavy atom. The number of hydrogen-bond acceptors (Lipinski definition) is 2.